The SMILES string of the molecule is O=C1C[NH+](Cc2ccccc2Cl)[C@H]2CS(=O)(=O)C[C@H]2N1c1ccccc1. The van der Waals surface area contributed by atoms with Crippen molar-refractivity contribution in [3.8, 4) is 0 Å². The van der Waals surface area contributed by atoms with E-state index in [2.05, 4.69) is 0 Å². The van der Waals surface area contributed by atoms with Gasteiger partial charge in [0, 0.05) is 16.3 Å². The molecule has 4 rings (SSSR count). The van der Waals surface area contributed by atoms with Gasteiger partial charge in [-0.15, -0.1) is 0 Å². The Balaban J connectivity index is 1.68. The fourth-order valence-corrected chi connectivity index (χ4v) is 6.32. The third-order valence-corrected chi connectivity index (χ3v) is 7.32. The van der Waals surface area contributed by atoms with Gasteiger partial charge in [0.25, 0.3) is 5.91 Å². The zero-order chi connectivity index (χ0) is 18.3. The molecule has 1 N–H and O–H groups in total. The summed E-state index contributed by atoms with van der Waals surface area (Å²) in [5.41, 5.74) is 1.70. The van der Waals surface area contributed by atoms with E-state index in [1.807, 2.05) is 54.6 Å². The topological polar surface area (TPSA) is 58.9 Å². The molecule has 2 aliphatic heterocycles. The fourth-order valence-electron chi connectivity index (χ4n) is 4.07. The Hall–Kier alpha value is -1.89. The fraction of sp³-hybridized carbons (Fsp3) is 0.316. The van der Waals surface area contributed by atoms with E-state index in [0.717, 1.165) is 16.2 Å². The lowest BCUT2D eigenvalue weighted by atomic mass is 10.0. The largest absolute Gasteiger partial charge is 0.318 e. The highest BCUT2D eigenvalue weighted by atomic mass is 35.5. The second-order valence-corrected chi connectivity index (χ2v) is 9.51. The van der Waals surface area contributed by atoms with E-state index in [9.17, 15) is 13.2 Å². The molecule has 26 heavy (non-hydrogen) atoms. The number of hydrogen-bond acceptors (Lipinski definition) is 3. The van der Waals surface area contributed by atoms with Crippen LogP contribution in [0.1, 0.15) is 5.56 Å². The maximum Gasteiger partial charge on any atom is 0.282 e. The summed E-state index contributed by atoms with van der Waals surface area (Å²) in [6.07, 6.45) is 0. The molecule has 136 valence electrons. The van der Waals surface area contributed by atoms with Gasteiger partial charge in [-0.3, -0.25) is 9.69 Å². The number of carbonyl (C=O) groups excluding carboxylic acids is 1. The van der Waals surface area contributed by atoms with Crippen molar-refractivity contribution in [1.29, 1.82) is 0 Å². The highest BCUT2D eigenvalue weighted by Crippen LogP contribution is 2.26. The van der Waals surface area contributed by atoms with Crippen LogP contribution in [0, 0.1) is 0 Å². The van der Waals surface area contributed by atoms with Gasteiger partial charge in [-0.25, -0.2) is 8.42 Å². The zero-order valence-electron chi connectivity index (χ0n) is 14.1. The molecule has 1 unspecified atom stereocenters. The highest BCUT2D eigenvalue weighted by molar-refractivity contribution is 7.91. The molecule has 2 fully saturated rings. The Morgan fingerprint density at radius 1 is 1.04 bits per heavy atom. The summed E-state index contributed by atoms with van der Waals surface area (Å²) < 4.78 is 24.7. The van der Waals surface area contributed by atoms with Crippen molar-refractivity contribution < 1.29 is 18.1 Å². The summed E-state index contributed by atoms with van der Waals surface area (Å²) >= 11 is 6.28. The first-order chi connectivity index (χ1) is 12.4. The molecular weight excluding hydrogens is 372 g/mol. The van der Waals surface area contributed by atoms with E-state index in [-0.39, 0.29) is 36.0 Å². The van der Waals surface area contributed by atoms with Gasteiger partial charge < -0.3 is 4.90 Å². The predicted octanol–water partition coefficient (Wildman–Crippen LogP) is 0.937. The molecule has 2 saturated heterocycles. The number of amides is 1. The molecule has 0 bridgehead atoms. The van der Waals surface area contributed by atoms with E-state index in [1.165, 1.54) is 0 Å². The molecule has 3 atom stereocenters. The zero-order valence-corrected chi connectivity index (χ0v) is 15.7. The average Bonchev–Trinajstić information content (AvgIpc) is 2.93. The number of para-hydroxylation sites is 1. The summed E-state index contributed by atoms with van der Waals surface area (Å²) in [7, 11) is -3.18. The summed E-state index contributed by atoms with van der Waals surface area (Å²) in [4.78, 5) is 15.6. The molecule has 2 aromatic rings. The smallest absolute Gasteiger partial charge is 0.282 e. The quantitative estimate of drug-likeness (QED) is 0.847. The average molecular weight is 392 g/mol. The molecule has 2 aromatic carbocycles. The van der Waals surface area contributed by atoms with Crippen LogP contribution < -0.4 is 9.80 Å². The van der Waals surface area contributed by atoms with Crippen molar-refractivity contribution in [2.24, 2.45) is 0 Å². The van der Waals surface area contributed by atoms with Crippen molar-refractivity contribution in [1.82, 2.24) is 0 Å². The van der Waals surface area contributed by atoms with Crippen LogP contribution in [0.5, 0.6) is 0 Å². The predicted molar refractivity (Wildman–Crippen MR) is 101 cm³/mol. The number of anilines is 1. The van der Waals surface area contributed by atoms with Crippen LogP contribution in [-0.4, -0.2) is 44.5 Å². The minimum Gasteiger partial charge on any atom is -0.318 e. The number of nitrogens with zero attached hydrogens (tertiary/aromatic N) is 1. The number of benzene rings is 2. The molecule has 0 aliphatic carbocycles. The maximum absolute atomic E-state index is 12.9. The number of nitrogens with one attached hydrogen (secondary N) is 1. The molecular formula is C19H20ClN2O3S+. The van der Waals surface area contributed by atoms with Crippen LogP contribution in [0.15, 0.2) is 54.6 Å². The first-order valence-corrected chi connectivity index (χ1v) is 10.8. The number of piperazine rings is 1. The second kappa shape index (κ2) is 6.68. The van der Waals surface area contributed by atoms with Crippen molar-refractivity contribution >= 4 is 33.0 Å². The van der Waals surface area contributed by atoms with E-state index < -0.39 is 9.84 Å². The normalized spacial score (nSPS) is 27.3. The van der Waals surface area contributed by atoms with E-state index >= 15 is 0 Å². The summed E-state index contributed by atoms with van der Waals surface area (Å²) in [6, 6.07) is 16.4. The number of hydrogen-bond donors (Lipinski definition) is 1. The van der Waals surface area contributed by atoms with E-state index in [4.69, 9.17) is 11.6 Å². The van der Waals surface area contributed by atoms with Crippen molar-refractivity contribution in [3.05, 3.63) is 65.2 Å². The standard InChI is InChI=1S/C19H19ClN2O3S/c20-16-9-5-4-6-14(16)10-21-11-19(23)22(15-7-2-1-3-8-15)18-13-26(24,25)12-17(18)21/h1-9,17-18H,10-13H2/p+1/t17-,18+/m0/s1. The number of rotatable bonds is 3. The lowest BCUT2D eigenvalue weighted by molar-refractivity contribution is -0.931. The molecule has 0 radical (unpaired) electrons. The lowest BCUT2D eigenvalue weighted by Gasteiger charge is -2.40. The number of fused-ring (bicyclic) bond motifs is 1. The van der Waals surface area contributed by atoms with Gasteiger partial charge >= 0.3 is 0 Å². The molecule has 5 nitrogen and oxygen atoms in total. The number of sulfone groups is 1. The van der Waals surface area contributed by atoms with Crippen LogP contribution in [0.2, 0.25) is 5.02 Å². The maximum atomic E-state index is 12.9. The number of quaternary nitrogens is 1. The Bertz CT molecular complexity index is 933. The minimum absolute atomic E-state index is 0.0182. The summed E-state index contributed by atoms with van der Waals surface area (Å²) in [5.74, 6) is 0.0786. The molecule has 0 aromatic heterocycles. The monoisotopic (exact) mass is 391 g/mol. The Kier molecular flexibility index (Phi) is 4.50. The Morgan fingerprint density at radius 2 is 1.73 bits per heavy atom. The van der Waals surface area contributed by atoms with Gasteiger partial charge in [-0.2, -0.15) is 0 Å². The van der Waals surface area contributed by atoms with E-state index in [1.54, 1.807) is 4.90 Å². The van der Waals surface area contributed by atoms with Gasteiger partial charge in [0.15, 0.2) is 16.4 Å². The third-order valence-electron chi connectivity index (χ3n) is 5.24. The summed E-state index contributed by atoms with van der Waals surface area (Å²) in [5, 5.41) is 0.648. The third kappa shape index (κ3) is 3.24. The number of carbonyl (C=O) groups is 1. The second-order valence-electron chi connectivity index (χ2n) is 6.95. The molecule has 1 amide bonds. The highest BCUT2D eigenvalue weighted by Gasteiger charge is 2.52. The number of halogens is 1. The molecule has 0 saturated carbocycles. The minimum atomic E-state index is -3.18. The summed E-state index contributed by atoms with van der Waals surface area (Å²) in [6.45, 7) is 0.807. The molecule has 7 heteroatoms. The van der Waals surface area contributed by atoms with E-state index in [0.29, 0.717) is 11.6 Å². The van der Waals surface area contributed by atoms with Crippen LogP contribution in [0.25, 0.3) is 0 Å². The molecule has 2 heterocycles. The Labute approximate surface area is 158 Å². The van der Waals surface area contributed by atoms with Crippen molar-refractivity contribution in [3.63, 3.8) is 0 Å². The van der Waals surface area contributed by atoms with Gasteiger partial charge in [0.05, 0.1) is 5.75 Å². The van der Waals surface area contributed by atoms with Gasteiger partial charge in [-0.05, 0) is 18.2 Å². The van der Waals surface area contributed by atoms with Crippen molar-refractivity contribution in [2.45, 2.75) is 18.6 Å². The first kappa shape index (κ1) is 17.5. The van der Waals surface area contributed by atoms with Crippen LogP contribution in [-0.2, 0) is 21.2 Å². The van der Waals surface area contributed by atoms with Crippen molar-refractivity contribution in [2.75, 3.05) is 23.0 Å². The Morgan fingerprint density at radius 3 is 2.46 bits per heavy atom. The van der Waals surface area contributed by atoms with Crippen LogP contribution in [0.4, 0.5) is 5.69 Å². The van der Waals surface area contributed by atoms with Gasteiger partial charge in [0.2, 0.25) is 0 Å². The molecule has 2 aliphatic rings. The lowest BCUT2D eigenvalue weighted by Crippen LogP contribution is -3.19. The first-order valence-electron chi connectivity index (χ1n) is 8.60. The van der Waals surface area contributed by atoms with Crippen LogP contribution in [0.3, 0.4) is 0 Å². The van der Waals surface area contributed by atoms with Crippen LogP contribution >= 0.6 is 11.6 Å². The van der Waals surface area contributed by atoms with Gasteiger partial charge in [0.1, 0.15) is 24.4 Å². The molecule has 0 spiro atoms. The van der Waals surface area contributed by atoms with Gasteiger partial charge in [-0.1, -0.05) is 48.0 Å².